The number of aliphatic carboxylic acids is 1. The van der Waals surface area contributed by atoms with Gasteiger partial charge in [-0.15, -0.1) is 0 Å². The number of halogens is 7. The molecule has 4 rings (SSSR count). The van der Waals surface area contributed by atoms with Crippen molar-refractivity contribution in [2.75, 3.05) is 31.2 Å². The lowest BCUT2D eigenvalue weighted by molar-refractivity contribution is -0.192. The summed E-state index contributed by atoms with van der Waals surface area (Å²) in [6, 6.07) is 10.2. The van der Waals surface area contributed by atoms with Crippen molar-refractivity contribution in [1.29, 1.82) is 0 Å². The zero-order chi connectivity index (χ0) is 30.6. The molecular formula is C26H27F7N4O4. The van der Waals surface area contributed by atoms with Gasteiger partial charge in [-0.25, -0.2) is 9.18 Å². The zero-order valence-corrected chi connectivity index (χ0v) is 21.7. The van der Waals surface area contributed by atoms with Gasteiger partial charge in [-0.05, 0) is 56.2 Å². The number of carbonyl (C=O) groups excluding carboxylic acids is 2. The van der Waals surface area contributed by atoms with Gasteiger partial charge in [0.15, 0.2) is 0 Å². The monoisotopic (exact) mass is 592 g/mol. The average Bonchev–Trinajstić information content (AvgIpc) is 3.20. The first kappa shape index (κ1) is 31.6. The molecule has 1 atom stereocenters. The van der Waals surface area contributed by atoms with Crippen LogP contribution in [0, 0.1) is 5.82 Å². The molecule has 2 fully saturated rings. The molecule has 0 unspecified atom stereocenters. The molecule has 0 aromatic heterocycles. The lowest BCUT2D eigenvalue weighted by Gasteiger charge is -2.43. The fourth-order valence-electron chi connectivity index (χ4n) is 4.75. The number of carboxylic acid groups (broad SMARTS) is 1. The third kappa shape index (κ3) is 7.86. The highest BCUT2D eigenvalue weighted by Crippen LogP contribution is 2.36. The van der Waals surface area contributed by atoms with Crippen molar-refractivity contribution >= 4 is 23.5 Å². The number of carbonyl (C=O) groups is 3. The third-order valence-corrected chi connectivity index (χ3v) is 6.74. The summed E-state index contributed by atoms with van der Waals surface area (Å²) in [6.45, 7) is 3.76. The second-order valence-electron chi connectivity index (χ2n) is 9.66. The number of nitrogens with zero attached hydrogens (tertiary/aromatic N) is 2. The number of anilines is 1. The van der Waals surface area contributed by atoms with Crippen LogP contribution < -0.4 is 15.5 Å². The van der Waals surface area contributed by atoms with Crippen LogP contribution in [0.25, 0.3) is 0 Å². The topological polar surface area (TPSA) is 102 Å². The van der Waals surface area contributed by atoms with Gasteiger partial charge in [0.25, 0.3) is 5.91 Å². The predicted molar refractivity (Wildman–Crippen MR) is 132 cm³/mol. The highest BCUT2D eigenvalue weighted by Gasteiger charge is 2.50. The summed E-state index contributed by atoms with van der Waals surface area (Å²) in [6.07, 6.45) is -8.54. The van der Waals surface area contributed by atoms with Crippen molar-refractivity contribution in [2.45, 2.75) is 43.7 Å². The molecule has 0 radical (unpaired) electrons. The van der Waals surface area contributed by atoms with Crippen molar-refractivity contribution in [3.05, 3.63) is 65.5 Å². The number of piperidine rings is 1. The van der Waals surface area contributed by atoms with E-state index in [4.69, 9.17) is 9.90 Å². The number of hydrogen-bond acceptors (Lipinski definition) is 5. The van der Waals surface area contributed by atoms with Crippen LogP contribution in [-0.2, 0) is 15.8 Å². The van der Waals surface area contributed by atoms with E-state index in [1.165, 1.54) is 24.3 Å². The van der Waals surface area contributed by atoms with Gasteiger partial charge in [-0.3, -0.25) is 9.59 Å². The molecule has 1 spiro atoms. The van der Waals surface area contributed by atoms with Crippen LogP contribution in [0.15, 0.2) is 48.5 Å². The first-order valence-electron chi connectivity index (χ1n) is 12.3. The number of benzene rings is 2. The van der Waals surface area contributed by atoms with Gasteiger partial charge >= 0.3 is 18.3 Å². The fourth-order valence-corrected chi connectivity index (χ4v) is 4.75. The summed E-state index contributed by atoms with van der Waals surface area (Å²) in [5.74, 6) is -3.77. The van der Waals surface area contributed by atoms with E-state index in [0.717, 1.165) is 12.1 Å². The van der Waals surface area contributed by atoms with Crippen molar-refractivity contribution in [1.82, 2.24) is 15.5 Å². The lowest BCUT2D eigenvalue weighted by Crippen LogP contribution is -2.57. The van der Waals surface area contributed by atoms with E-state index >= 15 is 0 Å². The number of hydrogen-bond donors (Lipinski definition) is 3. The Hall–Kier alpha value is -3.88. The molecule has 0 bridgehead atoms. The van der Waals surface area contributed by atoms with Gasteiger partial charge in [-0.1, -0.05) is 12.1 Å². The summed E-state index contributed by atoms with van der Waals surface area (Å²) in [5.41, 5.74) is -1.03. The van der Waals surface area contributed by atoms with Gasteiger partial charge in [0, 0.05) is 36.9 Å². The third-order valence-electron chi connectivity index (χ3n) is 6.74. The molecule has 2 amide bonds. The van der Waals surface area contributed by atoms with Crippen LogP contribution in [0.3, 0.4) is 0 Å². The summed E-state index contributed by atoms with van der Waals surface area (Å²) in [4.78, 5) is 38.1. The first-order chi connectivity index (χ1) is 19.0. The molecule has 0 aliphatic carbocycles. The van der Waals surface area contributed by atoms with Crippen molar-refractivity contribution < 1.29 is 50.2 Å². The van der Waals surface area contributed by atoms with Gasteiger partial charge < -0.3 is 25.5 Å². The van der Waals surface area contributed by atoms with Crippen LogP contribution >= 0.6 is 0 Å². The zero-order valence-electron chi connectivity index (χ0n) is 21.7. The fraction of sp³-hybridized carbons (Fsp3) is 0.423. The second-order valence-corrected chi connectivity index (χ2v) is 9.66. The Kier molecular flexibility index (Phi) is 9.51. The van der Waals surface area contributed by atoms with E-state index in [1.807, 2.05) is 4.90 Å². The summed E-state index contributed by atoms with van der Waals surface area (Å²) in [5, 5.41) is 12.8. The van der Waals surface area contributed by atoms with E-state index in [0.29, 0.717) is 44.8 Å². The lowest BCUT2D eigenvalue weighted by atomic mass is 9.85. The van der Waals surface area contributed by atoms with Gasteiger partial charge in [0.2, 0.25) is 5.91 Å². The minimum Gasteiger partial charge on any atom is -0.475 e. The largest absolute Gasteiger partial charge is 0.490 e. The highest BCUT2D eigenvalue weighted by atomic mass is 19.4. The molecule has 2 aliphatic heterocycles. The molecule has 2 aromatic rings. The van der Waals surface area contributed by atoms with E-state index in [2.05, 4.69) is 15.5 Å². The van der Waals surface area contributed by atoms with Crippen molar-refractivity contribution in [2.24, 2.45) is 0 Å². The molecule has 8 nitrogen and oxygen atoms in total. The Morgan fingerprint density at radius 2 is 1.66 bits per heavy atom. The Labute approximate surface area is 230 Å². The van der Waals surface area contributed by atoms with Crippen LogP contribution in [0.1, 0.15) is 35.7 Å². The van der Waals surface area contributed by atoms with E-state index in [1.54, 1.807) is 19.1 Å². The maximum Gasteiger partial charge on any atom is 0.490 e. The summed E-state index contributed by atoms with van der Waals surface area (Å²) in [7, 11) is 0. The molecular weight excluding hydrogens is 565 g/mol. The minimum absolute atomic E-state index is 0.0485. The Morgan fingerprint density at radius 1 is 1.05 bits per heavy atom. The number of likely N-dealkylation sites (tertiary alicyclic amines) is 1. The molecule has 0 saturated carbocycles. The predicted octanol–water partition coefficient (Wildman–Crippen LogP) is 4.02. The van der Waals surface area contributed by atoms with Crippen LogP contribution in [0.2, 0.25) is 0 Å². The molecule has 15 heteroatoms. The maximum atomic E-state index is 13.8. The summed E-state index contributed by atoms with van der Waals surface area (Å²) >= 11 is 0. The van der Waals surface area contributed by atoms with Gasteiger partial charge in [0.05, 0.1) is 12.2 Å². The average molecular weight is 593 g/mol. The first-order valence-corrected chi connectivity index (χ1v) is 12.3. The molecule has 2 aromatic carbocycles. The normalized spacial score (nSPS) is 17.9. The van der Waals surface area contributed by atoms with E-state index in [9.17, 15) is 40.3 Å². The standard InChI is InChI=1S/C24H26F4N4O2.C2HF3O2/c1-16(30-21(33)17-4-2-5-18(12-17)24(26,27)28)14-31-10-8-23(9-11-31)22(34)29-15-32(23)20-7-3-6-19(25)13-20;3-2(4,5)1(6)7/h2-7,12-13,16H,8-11,14-15H2,1H3,(H,29,34)(H,30,33);(H,6,7)/t16-;/m0./s1. The number of alkyl halides is 6. The van der Waals surface area contributed by atoms with Crippen LogP contribution in [0.4, 0.5) is 36.4 Å². The van der Waals surface area contributed by atoms with Gasteiger partial charge in [-0.2, -0.15) is 26.3 Å². The number of amides is 2. The number of rotatable bonds is 5. The van der Waals surface area contributed by atoms with Crippen LogP contribution in [0.5, 0.6) is 0 Å². The maximum absolute atomic E-state index is 13.8. The van der Waals surface area contributed by atoms with Crippen molar-refractivity contribution in [3.63, 3.8) is 0 Å². The molecule has 2 heterocycles. The molecule has 3 N–H and O–H groups in total. The second kappa shape index (κ2) is 12.3. The smallest absolute Gasteiger partial charge is 0.475 e. The van der Waals surface area contributed by atoms with E-state index < -0.39 is 35.3 Å². The molecule has 224 valence electrons. The number of nitrogens with one attached hydrogen (secondary N) is 2. The van der Waals surface area contributed by atoms with E-state index in [-0.39, 0.29) is 23.3 Å². The molecule has 2 aliphatic rings. The Bertz CT molecular complexity index is 1260. The quantitative estimate of drug-likeness (QED) is 0.454. The minimum atomic E-state index is -5.08. The van der Waals surface area contributed by atoms with Crippen molar-refractivity contribution in [3.8, 4) is 0 Å². The SMILES string of the molecule is C[C@@H](CN1CCC2(CC1)C(=O)NCN2c1cccc(F)c1)NC(=O)c1cccc(C(F)(F)F)c1.O=C(O)C(F)(F)F. The van der Waals surface area contributed by atoms with Crippen LogP contribution in [-0.4, -0.2) is 71.9 Å². The number of carboxylic acids is 1. The Morgan fingerprint density at radius 3 is 2.22 bits per heavy atom. The molecule has 41 heavy (non-hydrogen) atoms. The summed E-state index contributed by atoms with van der Waals surface area (Å²) < 4.78 is 84.3. The Balaban J connectivity index is 0.000000587. The highest BCUT2D eigenvalue weighted by molar-refractivity contribution is 5.94. The molecule has 2 saturated heterocycles. The van der Waals surface area contributed by atoms with Gasteiger partial charge in [0.1, 0.15) is 11.4 Å².